The minimum Gasteiger partial charge on any atom is -0.454 e. The molecule has 1 saturated carbocycles. The summed E-state index contributed by atoms with van der Waals surface area (Å²) >= 11 is 0. The molecule has 7 nitrogen and oxygen atoms in total. The second-order valence-corrected chi connectivity index (χ2v) is 6.24. The molecule has 4 N–H and O–H groups in total. The van der Waals surface area contributed by atoms with Crippen molar-refractivity contribution in [2.45, 2.75) is 58.1 Å². The molecule has 0 unspecified atom stereocenters. The normalized spacial score (nSPS) is 16.0. The zero-order valence-corrected chi connectivity index (χ0v) is 15.1. The molecule has 1 aliphatic carbocycles. The number of nitrogens with one attached hydrogen (secondary N) is 2. The van der Waals surface area contributed by atoms with Crippen LogP contribution in [0.25, 0.3) is 0 Å². The highest BCUT2D eigenvalue weighted by molar-refractivity contribution is 5.89. The number of nitrogens with two attached hydrogens (primary N) is 1. The molecule has 0 spiro atoms. The molecule has 25 heavy (non-hydrogen) atoms. The van der Waals surface area contributed by atoms with Gasteiger partial charge in [0.15, 0.2) is 11.7 Å². The predicted molar refractivity (Wildman–Crippen MR) is 97.5 cm³/mol. The highest BCUT2D eigenvalue weighted by Crippen LogP contribution is 2.20. The van der Waals surface area contributed by atoms with Crippen LogP contribution < -0.4 is 16.4 Å². The Morgan fingerprint density at radius 3 is 2.80 bits per heavy atom. The number of aliphatic imine (C=N–C) groups is 1. The lowest BCUT2D eigenvalue weighted by Crippen LogP contribution is -2.38. The average molecular weight is 350 g/mol. The predicted octanol–water partition coefficient (Wildman–Crippen LogP) is 2.17. The smallest absolute Gasteiger partial charge is 0.284 e. The zero-order valence-electron chi connectivity index (χ0n) is 15.1. The van der Waals surface area contributed by atoms with E-state index in [1.54, 1.807) is 12.1 Å². The van der Waals surface area contributed by atoms with Crippen LogP contribution >= 0.6 is 0 Å². The molecule has 1 heterocycles. The zero-order chi connectivity index (χ0) is 17.9. The molecule has 0 aliphatic heterocycles. The SMILES string of the molecule is CCNC(=NCc1ccc(C(N)=O)o1)NCCCOC1CCCCC1. The maximum absolute atomic E-state index is 11.0. The highest BCUT2D eigenvalue weighted by Gasteiger charge is 2.13. The lowest BCUT2D eigenvalue weighted by Gasteiger charge is -2.22. The highest BCUT2D eigenvalue weighted by atomic mass is 16.5. The summed E-state index contributed by atoms with van der Waals surface area (Å²) in [4.78, 5) is 15.5. The Morgan fingerprint density at radius 2 is 2.12 bits per heavy atom. The second kappa shape index (κ2) is 10.8. The van der Waals surface area contributed by atoms with E-state index >= 15 is 0 Å². The average Bonchev–Trinajstić information content (AvgIpc) is 3.09. The Kier molecular flexibility index (Phi) is 8.31. The van der Waals surface area contributed by atoms with Crippen molar-refractivity contribution >= 4 is 11.9 Å². The number of furan rings is 1. The minimum absolute atomic E-state index is 0.156. The first-order valence-corrected chi connectivity index (χ1v) is 9.21. The van der Waals surface area contributed by atoms with E-state index in [1.807, 2.05) is 6.92 Å². The maximum Gasteiger partial charge on any atom is 0.284 e. The van der Waals surface area contributed by atoms with Crippen LogP contribution in [-0.4, -0.2) is 37.7 Å². The van der Waals surface area contributed by atoms with Crippen LogP contribution in [0.4, 0.5) is 0 Å². The molecule has 2 rings (SSSR count). The Balaban J connectivity index is 1.68. The number of hydrogen-bond acceptors (Lipinski definition) is 4. The van der Waals surface area contributed by atoms with Gasteiger partial charge in [0.05, 0.1) is 6.10 Å². The van der Waals surface area contributed by atoms with E-state index in [0.717, 1.165) is 32.1 Å². The fourth-order valence-electron chi connectivity index (χ4n) is 2.85. The summed E-state index contributed by atoms with van der Waals surface area (Å²) in [6, 6.07) is 3.28. The van der Waals surface area contributed by atoms with E-state index in [2.05, 4.69) is 15.6 Å². The van der Waals surface area contributed by atoms with Crippen molar-refractivity contribution in [2.75, 3.05) is 19.7 Å². The number of amides is 1. The van der Waals surface area contributed by atoms with E-state index in [0.29, 0.717) is 18.4 Å². The van der Waals surface area contributed by atoms with E-state index < -0.39 is 5.91 Å². The molecular weight excluding hydrogens is 320 g/mol. The van der Waals surface area contributed by atoms with Crippen molar-refractivity contribution in [2.24, 2.45) is 10.7 Å². The Hall–Kier alpha value is -2.02. The topological polar surface area (TPSA) is 102 Å². The monoisotopic (exact) mass is 350 g/mol. The number of nitrogens with zero attached hydrogens (tertiary/aromatic N) is 1. The largest absolute Gasteiger partial charge is 0.454 e. The summed E-state index contributed by atoms with van der Waals surface area (Å²) in [5.74, 6) is 0.907. The molecule has 1 aliphatic rings. The molecule has 0 atom stereocenters. The van der Waals surface area contributed by atoms with E-state index in [4.69, 9.17) is 14.9 Å². The quantitative estimate of drug-likeness (QED) is 0.360. The lowest BCUT2D eigenvalue weighted by molar-refractivity contribution is 0.0277. The van der Waals surface area contributed by atoms with Crippen molar-refractivity contribution in [3.8, 4) is 0 Å². The number of carbonyl (C=O) groups is 1. The van der Waals surface area contributed by atoms with Gasteiger partial charge < -0.3 is 25.5 Å². The number of rotatable bonds is 9. The van der Waals surface area contributed by atoms with Crippen LogP contribution in [0.3, 0.4) is 0 Å². The molecule has 0 aromatic carbocycles. The fraction of sp³-hybridized carbons (Fsp3) is 0.667. The number of carbonyl (C=O) groups excluding carboxylic acids is 1. The van der Waals surface area contributed by atoms with Crippen LogP contribution in [0.1, 0.15) is 61.8 Å². The fourth-order valence-corrected chi connectivity index (χ4v) is 2.85. The molecule has 1 amide bonds. The molecule has 1 fully saturated rings. The molecule has 0 radical (unpaired) electrons. The Labute approximate surface area is 149 Å². The molecule has 7 heteroatoms. The van der Waals surface area contributed by atoms with Crippen LogP contribution in [0.2, 0.25) is 0 Å². The van der Waals surface area contributed by atoms with Crippen molar-refractivity contribution in [1.29, 1.82) is 0 Å². The number of hydrogen-bond donors (Lipinski definition) is 3. The van der Waals surface area contributed by atoms with Gasteiger partial charge in [-0.3, -0.25) is 4.79 Å². The van der Waals surface area contributed by atoms with Crippen LogP contribution in [0.5, 0.6) is 0 Å². The van der Waals surface area contributed by atoms with Gasteiger partial charge >= 0.3 is 0 Å². The van der Waals surface area contributed by atoms with Crippen LogP contribution in [0, 0.1) is 0 Å². The van der Waals surface area contributed by atoms with Crippen molar-refractivity contribution in [3.63, 3.8) is 0 Å². The number of ether oxygens (including phenoxy) is 1. The van der Waals surface area contributed by atoms with Gasteiger partial charge in [-0.2, -0.15) is 0 Å². The van der Waals surface area contributed by atoms with Gasteiger partial charge in [0.2, 0.25) is 0 Å². The molecule has 1 aromatic rings. The van der Waals surface area contributed by atoms with Gasteiger partial charge in [-0.05, 0) is 38.3 Å². The van der Waals surface area contributed by atoms with Crippen molar-refractivity contribution < 1.29 is 13.9 Å². The number of guanidine groups is 1. The summed E-state index contributed by atoms with van der Waals surface area (Å²) in [6.07, 6.45) is 7.74. The Morgan fingerprint density at radius 1 is 1.32 bits per heavy atom. The summed E-state index contributed by atoms with van der Waals surface area (Å²) < 4.78 is 11.2. The molecule has 140 valence electrons. The van der Waals surface area contributed by atoms with Gasteiger partial charge in [0.25, 0.3) is 5.91 Å². The van der Waals surface area contributed by atoms with Gasteiger partial charge in [-0.1, -0.05) is 19.3 Å². The third-order valence-corrected chi connectivity index (χ3v) is 4.16. The maximum atomic E-state index is 11.0. The third kappa shape index (κ3) is 7.17. The van der Waals surface area contributed by atoms with Gasteiger partial charge in [-0.25, -0.2) is 4.99 Å². The third-order valence-electron chi connectivity index (χ3n) is 4.16. The minimum atomic E-state index is -0.571. The van der Waals surface area contributed by atoms with E-state index in [1.165, 1.54) is 32.1 Å². The molecule has 1 aromatic heterocycles. The molecule has 0 bridgehead atoms. The summed E-state index contributed by atoms with van der Waals surface area (Å²) in [5.41, 5.74) is 5.17. The standard InChI is InChI=1S/C18H30N4O3/c1-2-20-18(22-13-15-9-10-16(25-15)17(19)23)21-11-6-12-24-14-7-4-3-5-8-14/h9-10,14H,2-8,11-13H2,1H3,(H2,19,23)(H2,20,21,22). The van der Waals surface area contributed by atoms with Gasteiger partial charge in [0.1, 0.15) is 12.3 Å². The molecular formula is C18H30N4O3. The second-order valence-electron chi connectivity index (χ2n) is 6.24. The van der Waals surface area contributed by atoms with Gasteiger partial charge in [0, 0.05) is 19.7 Å². The first kappa shape index (κ1) is 19.3. The van der Waals surface area contributed by atoms with Crippen molar-refractivity contribution in [3.05, 3.63) is 23.7 Å². The first-order valence-electron chi connectivity index (χ1n) is 9.21. The summed E-state index contributed by atoms with van der Waals surface area (Å²) in [5, 5.41) is 6.47. The summed E-state index contributed by atoms with van der Waals surface area (Å²) in [7, 11) is 0. The first-order chi connectivity index (χ1) is 12.2. The van der Waals surface area contributed by atoms with Crippen LogP contribution in [0.15, 0.2) is 21.5 Å². The van der Waals surface area contributed by atoms with E-state index in [-0.39, 0.29) is 5.76 Å². The lowest BCUT2D eigenvalue weighted by atomic mass is 9.98. The van der Waals surface area contributed by atoms with E-state index in [9.17, 15) is 4.79 Å². The van der Waals surface area contributed by atoms with Crippen LogP contribution in [-0.2, 0) is 11.3 Å². The molecule has 0 saturated heterocycles. The van der Waals surface area contributed by atoms with Crippen molar-refractivity contribution in [1.82, 2.24) is 10.6 Å². The summed E-state index contributed by atoms with van der Waals surface area (Å²) in [6.45, 7) is 4.71. The number of primary amides is 1. The Bertz CT molecular complexity index is 550. The van der Waals surface area contributed by atoms with Gasteiger partial charge in [-0.15, -0.1) is 0 Å².